The molecular weight excluding hydrogens is 224 g/mol. The first-order chi connectivity index (χ1) is 8.68. The van der Waals surface area contributed by atoms with Crippen LogP contribution in [0.5, 0.6) is 0 Å². The van der Waals surface area contributed by atoms with Crippen molar-refractivity contribution in [2.45, 2.75) is 38.8 Å². The molecular formula is C15H20N2O. The van der Waals surface area contributed by atoms with Crippen molar-refractivity contribution in [2.24, 2.45) is 0 Å². The third-order valence-electron chi connectivity index (χ3n) is 4.08. The monoisotopic (exact) mass is 244 g/mol. The van der Waals surface area contributed by atoms with Crippen molar-refractivity contribution >= 4 is 11.6 Å². The maximum atomic E-state index is 12.6. The summed E-state index contributed by atoms with van der Waals surface area (Å²) < 4.78 is 0. The van der Waals surface area contributed by atoms with Crippen LogP contribution < -0.4 is 4.90 Å². The Balaban J connectivity index is 1.94. The van der Waals surface area contributed by atoms with E-state index in [2.05, 4.69) is 43.0 Å². The lowest BCUT2D eigenvalue weighted by atomic mass is 10.1. The summed E-state index contributed by atoms with van der Waals surface area (Å²) in [4.78, 5) is 17.0. The molecule has 1 atom stereocenters. The molecule has 0 spiro atoms. The van der Waals surface area contributed by atoms with Crippen LogP contribution >= 0.6 is 0 Å². The first-order valence-electron chi connectivity index (χ1n) is 6.83. The fourth-order valence-corrected chi connectivity index (χ4v) is 3.17. The number of benzene rings is 1. The summed E-state index contributed by atoms with van der Waals surface area (Å²) in [6.45, 7) is 6.10. The van der Waals surface area contributed by atoms with Gasteiger partial charge >= 0.3 is 0 Å². The smallest absolute Gasteiger partial charge is 0.245 e. The lowest BCUT2D eigenvalue weighted by Gasteiger charge is -2.29. The molecule has 18 heavy (non-hydrogen) atoms. The average Bonchev–Trinajstić information content (AvgIpc) is 2.64. The number of amides is 1. The van der Waals surface area contributed by atoms with Crippen molar-refractivity contribution in [3.8, 4) is 0 Å². The van der Waals surface area contributed by atoms with Crippen LogP contribution in [0.2, 0.25) is 0 Å². The van der Waals surface area contributed by atoms with E-state index in [4.69, 9.17) is 0 Å². The van der Waals surface area contributed by atoms with Gasteiger partial charge in [0.25, 0.3) is 0 Å². The predicted molar refractivity (Wildman–Crippen MR) is 72.7 cm³/mol. The second-order valence-electron chi connectivity index (χ2n) is 5.52. The summed E-state index contributed by atoms with van der Waals surface area (Å²) in [5, 5.41) is 0. The van der Waals surface area contributed by atoms with Gasteiger partial charge in [0.15, 0.2) is 0 Å². The van der Waals surface area contributed by atoms with Gasteiger partial charge in [-0.25, -0.2) is 0 Å². The fraction of sp³-hybridized carbons (Fsp3) is 0.533. The summed E-state index contributed by atoms with van der Waals surface area (Å²) in [7, 11) is 0. The van der Waals surface area contributed by atoms with Gasteiger partial charge in [-0.15, -0.1) is 0 Å². The molecule has 0 radical (unpaired) electrons. The highest BCUT2D eigenvalue weighted by atomic mass is 16.2. The highest BCUT2D eigenvalue weighted by Crippen LogP contribution is 2.34. The van der Waals surface area contributed by atoms with Gasteiger partial charge in [-0.2, -0.15) is 0 Å². The molecule has 1 aromatic carbocycles. The van der Waals surface area contributed by atoms with Crippen LogP contribution in [0.1, 0.15) is 25.8 Å². The van der Waals surface area contributed by atoms with E-state index in [0.29, 0.717) is 11.9 Å². The van der Waals surface area contributed by atoms with E-state index in [0.717, 1.165) is 25.9 Å². The Morgan fingerprint density at radius 2 is 2.00 bits per heavy atom. The van der Waals surface area contributed by atoms with Crippen molar-refractivity contribution in [1.82, 2.24) is 4.90 Å². The topological polar surface area (TPSA) is 23.6 Å². The minimum absolute atomic E-state index is 0.0345. The van der Waals surface area contributed by atoms with Gasteiger partial charge in [0.05, 0.1) is 0 Å². The molecule has 1 amide bonds. The van der Waals surface area contributed by atoms with E-state index in [1.165, 1.54) is 11.3 Å². The van der Waals surface area contributed by atoms with E-state index in [9.17, 15) is 4.79 Å². The molecule has 1 unspecified atom stereocenters. The quantitative estimate of drug-likeness (QED) is 0.755. The van der Waals surface area contributed by atoms with Gasteiger partial charge < -0.3 is 9.80 Å². The maximum Gasteiger partial charge on any atom is 0.245 e. The molecule has 3 nitrogen and oxygen atoms in total. The second-order valence-corrected chi connectivity index (χ2v) is 5.52. The van der Waals surface area contributed by atoms with Crippen LogP contribution in [-0.4, -0.2) is 36.0 Å². The number of para-hydroxylation sites is 1. The number of anilines is 1. The summed E-state index contributed by atoms with van der Waals surface area (Å²) in [6.07, 6.45) is 1.94. The minimum atomic E-state index is 0.0345. The van der Waals surface area contributed by atoms with Crippen LogP contribution in [0.25, 0.3) is 0 Å². The summed E-state index contributed by atoms with van der Waals surface area (Å²) >= 11 is 0. The largest absolute Gasteiger partial charge is 0.359 e. The Morgan fingerprint density at radius 1 is 1.22 bits per heavy atom. The Morgan fingerprint density at radius 3 is 2.78 bits per heavy atom. The summed E-state index contributed by atoms with van der Waals surface area (Å²) in [5.74, 6) is 0.304. The second kappa shape index (κ2) is 4.30. The third-order valence-corrected chi connectivity index (χ3v) is 4.08. The zero-order valence-corrected chi connectivity index (χ0v) is 11.1. The van der Waals surface area contributed by atoms with Crippen molar-refractivity contribution in [1.29, 1.82) is 0 Å². The average molecular weight is 244 g/mol. The van der Waals surface area contributed by atoms with Crippen molar-refractivity contribution in [3.05, 3.63) is 29.8 Å². The number of hydrogen-bond acceptors (Lipinski definition) is 2. The van der Waals surface area contributed by atoms with Crippen molar-refractivity contribution in [3.63, 3.8) is 0 Å². The Hall–Kier alpha value is -1.51. The Kier molecular flexibility index (Phi) is 2.77. The molecule has 2 heterocycles. The van der Waals surface area contributed by atoms with Gasteiger partial charge in [-0.3, -0.25) is 4.79 Å². The molecule has 96 valence electrons. The highest BCUT2D eigenvalue weighted by molar-refractivity contribution is 5.89. The fourth-order valence-electron chi connectivity index (χ4n) is 3.17. The molecule has 0 aliphatic carbocycles. The van der Waals surface area contributed by atoms with Crippen LogP contribution in [0.4, 0.5) is 5.69 Å². The predicted octanol–water partition coefficient (Wildman–Crippen LogP) is 2.06. The molecule has 0 saturated carbocycles. The van der Waals surface area contributed by atoms with Gasteiger partial charge in [0.2, 0.25) is 5.91 Å². The first-order valence-corrected chi connectivity index (χ1v) is 6.83. The normalized spacial score (nSPS) is 23.1. The molecule has 2 aliphatic rings. The number of rotatable bonds is 1. The van der Waals surface area contributed by atoms with Crippen LogP contribution in [0.3, 0.4) is 0 Å². The van der Waals surface area contributed by atoms with Crippen molar-refractivity contribution in [2.75, 3.05) is 18.0 Å². The van der Waals surface area contributed by atoms with Crippen LogP contribution in [0, 0.1) is 0 Å². The van der Waals surface area contributed by atoms with E-state index in [1.54, 1.807) is 0 Å². The van der Waals surface area contributed by atoms with E-state index < -0.39 is 0 Å². The maximum absolute atomic E-state index is 12.6. The zero-order valence-electron chi connectivity index (χ0n) is 11.1. The van der Waals surface area contributed by atoms with Gasteiger partial charge in [-0.1, -0.05) is 18.2 Å². The number of nitrogens with zero attached hydrogens (tertiary/aromatic N) is 2. The van der Waals surface area contributed by atoms with E-state index in [1.807, 2.05) is 4.90 Å². The number of hydrogen-bond donors (Lipinski definition) is 0. The minimum Gasteiger partial charge on any atom is -0.359 e. The number of carbonyl (C=O) groups is 1. The lowest BCUT2D eigenvalue weighted by molar-refractivity contribution is -0.133. The molecule has 1 saturated heterocycles. The Bertz CT molecular complexity index is 469. The highest BCUT2D eigenvalue weighted by Gasteiger charge is 2.38. The van der Waals surface area contributed by atoms with Gasteiger partial charge in [0, 0.05) is 31.2 Å². The molecule has 1 aromatic rings. The molecule has 0 bridgehead atoms. The molecule has 3 rings (SSSR count). The standard InChI is InChI=1S/C15H20N2O/c1-11(2)16-8-5-9-17-13-7-4-3-6-12(13)10-14(17)15(16)18/h3-4,6-7,11,14H,5,8-10H2,1-2H3. The zero-order chi connectivity index (χ0) is 12.7. The lowest BCUT2D eigenvalue weighted by Crippen LogP contribution is -2.46. The number of carbonyl (C=O) groups excluding carboxylic acids is 1. The molecule has 0 aromatic heterocycles. The Labute approximate surface area is 108 Å². The molecule has 1 fully saturated rings. The summed E-state index contributed by atoms with van der Waals surface area (Å²) in [6, 6.07) is 8.77. The third kappa shape index (κ3) is 1.69. The molecule has 3 heteroatoms. The molecule has 2 aliphatic heterocycles. The number of fused-ring (bicyclic) bond motifs is 3. The van der Waals surface area contributed by atoms with Crippen LogP contribution in [0.15, 0.2) is 24.3 Å². The molecule has 0 N–H and O–H groups in total. The first kappa shape index (κ1) is 11.6. The van der Waals surface area contributed by atoms with Gasteiger partial charge in [-0.05, 0) is 31.9 Å². The van der Waals surface area contributed by atoms with Crippen molar-refractivity contribution < 1.29 is 4.79 Å². The SMILES string of the molecule is CC(C)N1CCCN2c3ccccc3CC2C1=O. The van der Waals surface area contributed by atoms with E-state index >= 15 is 0 Å². The summed E-state index contributed by atoms with van der Waals surface area (Å²) in [5.41, 5.74) is 2.59. The van der Waals surface area contributed by atoms with E-state index in [-0.39, 0.29) is 6.04 Å². The van der Waals surface area contributed by atoms with Gasteiger partial charge in [0.1, 0.15) is 6.04 Å². The van der Waals surface area contributed by atoms with Crippen LogP contribution in [-0.2, 0) is 11.2 Å².